The lowest BCUT2D eigenvalue weighted by Crippen LogP contribution is -2.35. The fourth-order valence-corrected chi connectivity index (χ4v) is 3.38. The van der Waals surface area contributed by atoms with E-state index in [1.165, 1.54) is 0 Å². The van der Waals surface area contributed by atoms with Crippen molar-refractivity contribution in [1.82, 2.24) is 20.0 Å². The van der Waals surface area contributed by atoms with Gasteiger partial charge in [-0.05, 0) is 30.7 Å². The highest BCUT2D eigenvalue weighted by Crippen LogP contribution is 2.20. The molecule has 0 unspecified atom stereocenters. The summed E-state index contributed by atoms with van der Waals surface area (Å²) in [5, 5.41) is 12.8. The van der Waals surface area contributed by atoms with E-state index in [0.717, 1.165) is 24.3 Å². The number of amides is 1. The van der Waals surface area contributed by atoms with E-state index >= 15 is 0 Å². The third-order valence-corrected chi connectivity index (χ3v) is 4.88. The van der Waals surface area contributed by atoms with Crippen LogP contribution in [0.5, 0.6) is 0 Å². The summed E-state index contributed by atoms with van der Waals surface area (Å²) in [6.07, 6.45) is 2.42. The molecule has 1 aliphatic heterocycles. The van der Waals surface area contributed by atoms with Crippen LogP contribution in [0.1, 0.15) is 28.2 Å². The van der Waals surface area contributed by atoms with Crippen LogP contribution in [0.4, 0.5) is 5.82 Å². The van der Waals surface area contributed by atoms with E-state index in [1.54, 1.807) is 25.3 Å². The Morgan fingerprint density at radius 1 is 1.17 bits per heavy atom. The predicted octanol–water partition coefficient (Wildman–Crippen LogP) is 2.66. The number of carbonyl (C=O) groups is 1. The molecule has 2 aromatic heterocycles. The lowest BCUT2D eigenvalue weighted by Gasteiger charge is -2.23. The minimum atomic E-state index is -0.0123. The molecular formula is C21H20N6O2. The van der Waals surface area contributed by atoms with Gasteiger partial charge in [0.05, 0.1) is 5.56 Å². The molecule has 8 heteroatoms. The van der Waals surface area contributed by atoms with Crippen molar-refractivity contribution in [1.29, 1.82) is 5.26 Å². The Morgan fingerprint density at radius 2 is 2.07 bits per heavy atom. The van der Waals surface area contributed by atoms with E-state index in [-0.39, 0.29) is 5.91 Å². The maximum absolute atomic E-state index is 13.1. The molecule has 3 heterocycles. The third-order valence-electron chi connectivity index (χ3n) is 4.88. The van der Waals surface area contributed by atoms with Gasteiger partial charge in [0, 0.05) is 50.4 Å². The fraction of sp³-hybridized carbons (Fsp3) is 0.286. The number of hydrogen-bond donors (Lipinski definition) is 0. The molecule has 0 bridgehead atoms. The second kappa shape index (κ2) is 8.10. The number of nitrogens with zero attached hydrogens (tertiary/aromatic N) is 6. The van der Waals surface area contributed by atoms with Crippen molar-refractivity contribution >= 4 is 11.7 Å². The number of nitriles is 1. The van der Waals surface area contributed by atoms with Gasteiger partial charge in [0.1, 0.15) is 11.9 Å². The van der Waals surface area contributed by atoms with E-state index in [1.807, 2.05) is 29.2 Å². The molecule has 0 spiro atoms. The first-order valence-corrected chi connectivity index (χ1v) is 9.45. The van der Waals surface area contributed by atoms with Gasteiger partial charge < -0.3 is 14.3 Å². The first-order valence-electron chi connectivity index (χ1n) is 9.45. The van der Waals surface area contributed by atoms with Gasteiger partial charge in [-0.15, -0.1) is 0 Å². The number of aryl methyl sites for hydroxylation is 1. The highest BCUT2D eigenvalue weighted by atomic mass is 16.5. The summed E-state index contributed by atoms with van der Waals surface area (Å²) in [4.78, 5) is 25.7. The van der Waals surface area contributed by atoms with Crippen molar-refractivity contribution in [3.8, 4) is 17.5 Å². The molecular weight excluding hydrogens is 368 g/mol. The average molecular weight is 388 g/mol. The Morgan fingerprint density at radius 3 is 2.79 bits per heavy atom. The lowest BCUT2D eigenvalue weighted by atomic mass is 10.1. The van der Waals surface area contributed by atoms with E-state index in [2.05, 4.69) is 26.1 Å². The Bertz CT molecular complexity index is 1050. The molecule has 1 saturated heterocycles. The number of aromatic nitrogens is 3. The molecule has 0 aliphatic carbocycles. The first-order chi connectivity index (χ1) is 14.1. The van der Waals surface area contributed by atoms with Crippen LogP contribution in [0.25, 0.3) is 11.4 Å². The topological polar surface area (TPSA) is 99.2 Å². The van der Waals surface area contributed by atoms with Crippen LogP contribution in [0, 0.1) is 18.3 Å². The molecule has 1 aromatic carbocycles. The molecule has 1 fully saturated rings. The van der Waals surface area contributed by atoms with Gasteiger partial charge in [-0.25, -0.2) is 4.98 Å². The maximum Gasteiger partial charge on any atom is 0.253 e. The molecule has 146 valence electrons. The molecule has 29 heavy (non-hydrogen) atoms. The van der Waals surface area contributed by atoms with Crippen molar-refractivity contribution in [3.05, 3.63) is 59.6 Å². The monoisotopic (exact) mass is 388 g/mol. The number of pyridine rings is 1. The van der Waals surface area contributed by atoms with Crippen LogP contribution >= 0.6 is 0 Å². The van der Waals surface area contributed by atoms with E-state index in [9.17, 15) is 4.79 Å². The zero-order valence-corrected chi connectivity index (χ0v) is 16.1. The standard InChI is InChI=1S/C21H20N6O2/c1-15-24-20(25-29-15)17-4-2-5-18(12-17)21(28)27-9-3-8-26(10-11-27)19-7-6-16(13-22)14-23-19/h2,4-7,12,14H,3,8-11H2,1H3. The van der Waals surface area contributed by atoms with Crippen molar-refractivity contribution < 1.29 is 9.32 Å². The summed E-state index contributed by atoms with van der Waals surface area (Å²) in [5.74, 6) is 1.78. The van der Waals surface area contributed by atoms with Crippen LogP contribution in [0.15, 0.2) is 47.1 Å². The van der Waals surface area contributed by atoms with Gasteiger partial charge in [-0.1, -0.05) is 17.3 Å². The van der Waals surface area contributed by atoms with Crippen LogP contribution in [0.2, 0.25) is 0 Å². The van der Waals surface area contributed by atoms with Crippen molar-refractivity contribution in [3.63, 3.8) is 0 Å². The Kier molecular flexibility index (Phi) is 5.20. The molecule has 1 amide bonds. The third kappa shape index (κ3) is 4.09. The van der Waals surface area contributed by atoms with Crippen LogP contribution < -0.4 is 4.90 Å². The van der Waals surface area contributed by atoms with Crippen LogP contribution in [-0.4, -0.2) is 52.1 Å². The molecule has 8 nitrogen and oxygen atoms in total. The predicted molar refractivity (Wildman–Crippen MR) is 106 cm³/mol. The van der Waals surface area contributed by atoms with E-state index < -0.39 is 0 Å². The largest absolute Gasteiger partial charge is 0.355 e. The minimum absolute atomic E-state index is 0.0123. The number of benzene rings is 1. The average Bonchev–Trinajstić information content (AvgIpc) is 3.05. The molecule has 0 saturated carbocycles. The Hall–Kier alpha value is -3.73. The lowest BCUT2D eigenvalue weighted by molar-refractivity contribution is 0.0767. The van der Waals surface area contributed by atoms with Gasteiger partial charge in [0.2, 0.25) is 11.7 Å². The summed E-state index contributed by atoms with van der Waals surface area (Å²) in [7, 11) is 0. The van der Waals surface area contributed by atoms with E-state index in [0.29, 0.717) is 42.5 Å². The number of anilines is 1. The SMILES string of the molecule is Cc1nc(-c2cccc(C(=O)N3CCCN(c4ccc(C#N)cn4)CC3)c2)no1. The summed E-state index contributed by atoms with van der Waals surface area (Å²) >= 11 is 0. The maximum atomic E-state index is 13.1. The quantitative estimate of drug-likeness (QED) is 0.680. The Labute approximate surface area is 168 Å². The zero-order chi connectivity index (χ0) is 20.2. The van der Waals surface area contributed by atoms with Gasteiger partial charge >= 0.3 is 0 Å². The normalized spacial score (nSPS) is 14.3. The van der Waals surface area contributed by atoms with Crippen LogP contribution in [0.3, 0.4) is 0 Å². The smallest absolute Gasteiger partial charge is 0.253 e. The minimum Gasteiger partial charge on any atom is -0.355 e. The molecule has 0 radical (unpaired) electrons. The Balaban J connectivity index is 1.46. The molecule has 3 aromatic rings. The van der Waals surface area contributed by atoms with Gasteiger partial charge in [-0.2, -0.15) is 10.2 Å². The second-order valence-electron chi connectivity index (χ2n) is 6.87. The van der Waals surface area contributed by atoms with Crippen molar-refractivity contribution in [2.75, 3.05) is 31.1 Å². The fourth-order valence-electron chi connectivity index (χ4n) is 3.38. The summed E-state index contributed by atoms with van der Waals surface area (Å²) in [6, 6.07) is 13.0. The summed E-state index contributed by atoms with van der Waals surface area (Å²) in [5.41, 5.74) is 1.90. The number of rotatable bonds is 3. The van der Waals surface area contributed by atoms with Crippen molar-refractivity contribution in [2.24, 2.45) is 0 Å². The summed E-state index contributed by atoms with van der Waals surface area (Å²) in [6.45, 7) is 4.51. The first kappa shape index (κ1) is 18.6. The van der Waals surface area contributed by atoms with Gasteiger partial charge in [0.15, 0.2) is 0 Å². The molecule has 1 aliphatic rings. The molecule has 0 N–H and O–H groups in total. The molecule has 4 rings (SSSR count). The highest BCUT2D eigenvalue weighted by Gasteiger charge is 2.21. The van der Waals surface area contributed by atoms with E-state index in [4.69, 9.17) is 9.78 Å². The number of hydrogen-bond acceptors (Lipinski definition) is 7. The zero-order valence-electron chi connectivity index (χ0n) is 16.1. The number of carbonyl (C=O) groups excluding carboxylic acids is 1. The highest BCUT2D eigenvalue weighted by molar-refractivity contribution is 5.95. The van der Waals surface area contributed by atoms with Gasteiger partial charge in [0.25, 0.3) is 5.91 Å². The second-order valence-corrected chi connectivity index (χ2v) is 6.87. The molecule has 0 atom stereocenters. The summed E-state index contributed by atoms with van der Waals surface area (Å²) < 4.78 is 5.03. The van der Waals surface area contributed by atoms with Crippen LogP contribution in [-0.2, 0) is 0 Å². The van der Waals surface area contributed by atoms with Crippen molar-refractivity contribution in [2.45, 2.75) is 13.3 Å². The van der Waals surface area contributed by atoms with Gasteiger partial charge in [-0.3, -0.25) is 4.79 Å².